The lowest BCUT2D eigenvalue weighted by atomic mass is 10.1. The Morgan fingerprint density at radius 1 is 0.415 bits per heavy atom. The first-order chi connectivity index (χ1) is 26.3. The van der Waals surface area contributed by atoms with Gasteiger partial charge in [0.2, 0.25) is 0 Å². The van der Waals surface area contributed by atoms with Crippen molar-refractivity contribution in [3.8, 4) is 5.69 Å². The van der Waals surface area contributed by atoms with Gasteiger partial charge in [-0.15, -0.1) is 11.3 Å². The van der Waals surface area contributed by atoms with Crippen molar-refractivity contribution >= 4 is 114 Å². The summed E-state index contributed by atoms with van der Waals surface area (Å²) in [6.45, 7) is 0. The van der Waals surface area contributed by atoms with Gasteiger partial charge in [-0.1, -0.05) is 91.0 Å². The lowest BCUT2D eigenvalue weighted by Gasteiger charge is -2.26. The van der Waals surface area contributed by atoms with Gasteiger partial charge in [-0.3, -0.25) is 0 Å². The molecule has 5 heteroatoms. The molecule has 53 heavy (non-hydrogen) atoms. The Hall–Kier alpha value is -6.82. The molecule has 0 radical (unpaired) electrons. The van der Waals surface area contributed by atoms with Crippen LogP contribution in [0, 0.1) is 0 Å². The van der Waals surface area contributed by atoms with Gasteiger partial charge in [0.05, 0.1) is 32.5 Å². The quantitative estimate of drug-likeness (QED) is 0.184. The van der Waals surface area contributed by atoms with E-state index in [-0.39, 0.29) is 0 Å². The summed E-state index contributed by atoms with van der Waals surface area (Å²) in [6.07, 6.45) is 0. The molecule has 248 valence electrons. The number of thiophene rings is 1. The number of benzene rings is 8. The van der Waals surface area contributed by atoms with Crippen LogP contribution < -0.4 is 4.90 Å². The Balaban J connectivity index is 1.11. The maximum Gasteiger partial charge on any atom is 0.137 e. The van der Waals surface area contributed by atoms with Crippen molar-refractivity contribution in [2.24, 2.45) is 0 Å². The number of nitrogens with zero attached hydrogens (tertiary/aromatic N) is 2. The Bertz CT molecular complexity index is 3380. The minimum Gasteiger partial charge on any atom is -0.456 e. The molecule has 4 aromatic heterocycles. The van der Waals surface area contributed by atoms with E-state index in [1.807, 2.05) is 23.5 Å². The highest BCUT2D eigenvalue weighted by atomic mass is 32.1. The summed E-state index contributed by atoms with van der Waals surface area (Å²) in [4.78, 5) is 2.35. The van der Waals surface area contributed by atoms with E-state index in [9.17, 15) is 0 Å². The second kappa shape index (κ2) is 10.8. The molecule has 12 aromatic rings. The van der Waals surface area contributed by atoms with Crippen LogP contribution in [0.25, 0.3) is 91.5 Å². The van der Waals surface area contributed by atoms with Crippen LogP contribution >= 0.6 is 11.3 Å². The summed E-state index contributed by atoms with van der Waals surface area (Å²) in [5.41, 5.74) is 10.0. The number of furan rings is 2. The lowest BCUT2D eigenvalue weighted by Crippen LogP contribution is -2.10. The zero-order chi connectivity index (χ0) is 34.6. The average Bonchev–Trinajstić information content (AvgIpc) is 3.97. The van der Waals surface area contributed by atoms with E-state index in [1.165, 1.54) is 42.0 Å². The van der Waals surface area contributed by atoms with E-state index in [0.717, 1.165) is 66.6 Å². The highest BCUT2D eigenvalue weighted by Crippen LogP contribution is 2.47. The molecule has 4 nitrogen and oxygen atoms in total. The topological polar surface area (TPSA) is 34.5 Å². The fourth-order valence-electron chi connectivity index (χ4n) is 8.49. The Morgan fingerprint density at radius 3 is 1.77 bits per heavy atom. The molecule has 12 rings (SSSR count). The zero-order valence-electron chi connectivity index (χ0n) is 28.3. The van der Waals surface area contributed by atoms with Crippen molar-refractivity contribution in [3.05, 3.63) is 170 Å². The minimum absolute atomic E-state index is 0.837. The van der Waals surface area contributed by atoms with Crippen molar-refractivity contribution in [1.29, 1.82) is 0 Å². The first kappa shape index (κ1) is 28.8. The highest BCUT2D eigenvalue weighted by Gasteiger charge is 2.22. The molecule has 0 amide bonds. The predicted octanol–water partition coefficient (Wildman–Crippen LogP) is 14.4. The Kier molecular flexibility index (Phi) is 5.90. The van der Waals surface area contributed by atoms with Gasteiger partial charge in [0.25, 0.3) is 0 Å². The van der Waals surface area contributed by atoms with Crippen molar-refractivity contribution < 1.29 is 8.83 Å². The fourth-order valence-corrected chi connectivity index (χ4v) is 9.70. The van der Waals surface area contributed by atoms with E-state index >= 15 is 0 Å². The molecule has 0 saturated carbocycles. The number of anilines is 3. The number of hydrogen-bond donors (Lipinski definition) is 0. The molecule has 0 unspecified atom stereocenters. The molecule has 4 heterocycles. The first-order valence-corrected chi connectivity index (χ1v) is 18.7. The number of rotatable bonds is 4. The lowest BCUT2D eigenvalue weighted by molar-refractivity contribution is 0.669. The summed E-state index contributed by atoms with van der Waals surface area (Å²) in [5, 5.41) is 9.40. The molecular weight excluding hydrogens is 669 g/mol. The number of para-hydroxylation sites is 3. The Morgan fingerprint density at radius 2 is 0.981 bits per heavy atom. The molecule has 0 aliphatic heterocycles. The molecule has 0 spiro atoms. The van der Waals surface area contributed by atoms with Crippen LogP contribution in [0.15, 0.2) is 179 Å². The van der Waals surface area contributed by atoms with Gasteiger partial charge >= 0.3 is 0 Å². The average molecular weight is 697 g/mol. The van der Waals surface area contributed by atoms with Crippen LogP contribution in [0.1, 0.15) is 0 Å². The number of fused-ring (bicyclic) bond motifs is 12. The summed E-state index contributed by atoms with van der Waals surface area (Å²) in [7, 11) is 0. The van der Waals surface area contributed by atoms with Crippen LogP contribution in [-0.2, 0) is 0 Å². The standard InChI is InChI=1S/C48H28N2O2S/c1-5-16-38-31(11-1)32-12-2-6-17-39(32)50(38)40-18-10-21-43-47(40)37-26-24-30(28-45(37)52-43)49(29-23-25-34-33-13-3-7-20-42(33)51-44(34)27-29)41-19-9-15-36-35-14-4-8-22-46(35)53-48(36)41/h1-28H. The molecule has 0 atom stereocenters. The second-order valence-corrected chi connectivity index (χ2v) is 14.7. The third kappa shape index (κ3) is 4.11. The molecule has 0 aliphatic rings. The van der Waals surface area contributed by atoms with Crippen LogP contribution in [0.2, 0.25) is 0 Å². The van der Waals surface area contributed by atoms with Gasteiger partial charge in [-0.2, -0.15) is 0 Å². The number of aromatic nitrogens is 1. The van der Waals surface area contributed by atoms with Crippen molar-refractivity contribution in [2.45, 2.75) is 0 Å². The van der Waals surface area contributed by atoms with E-state index in [4.69, 9.17) is 8.83 Å². The highest BCUT2D eigenvalue weighted by molar-refractivity contribution is 7.26. The van der Waals surface area contributed by atoms with Crippen molar-refractivity contribution in [3.63, 3.8) is 0 Å². The van der Waals surface area contributed by atoms with E-state index < -0.39 is 0 Å². The van der Waals surface area contributed by atoms with Crippen LogP contribution in [0.5, 0.6) is 0 Å². The third-order valence-corrected chi connectivity index (χ3v) is 12.0. The molecule has 0 N–H and O–H groups in total. The smallest absolute Gasteiger partial charge is 0.137 e. The second-order valence-electron chi connectivity index (χ2n) is 13.7. The molecule has 0 bridgehead atoms. The predicted molar refractivity (Wildman–Crippen MR) is 223 cm³/mol. The monoisotopic (exact) mass is 696 g/mol. The fraction of sp³-hybridized carbons (Fsp3) is 0. The molecule has 0 saturated heterocycles. The SMILES string of the molecule is c1ccc2c(c1)oc1cc(N(c3ccc4c(c3)oc3cccc(-n5c6ccccc6c6ccccc65)c34)c3cccc4c3sc3ccccc34)ccc12. The third-order valence-electron chi connectivity index (χ3n) is 10.8. The zero-order valence-corrected chi connectivity index (χ0v) is 29.1. The van der Waals surface area contributed by atoms with Gasteiger partial charge in [-0.25, -0.2) is 0 Å². The minimum atomic E-state index is 0.837. The molecule has 8 aromatic carbocycles. The van der Waals surface area contributed by atoms with Gasteiger partial charge < -0.3 is 18.3 Å². The van der Waals surface area contributed by atoms with Gasteiger partial charge in [0, 0.05) is 65.9 Å². The normalized spacial score (nSPS) is 12.2. The van der Waals surface area contributed by atoms with Crippen LogP contribution in [-0.4, -0.2) is 4.57 Å². The Labute approximate surface area is 306 Å². The number of hydrogen-bond acceptors (Lipinski definition) is 4. The summed E-state index contributed by atoms with van der Waals surface area (Å²) in [5.74, 6) is 0. The van der Waals surface area contributed by atoms with Crippen LogP contribution in [0.4, 0.5) is 17.1 Å². The van der Waals surface area contributed by atoms with Gasteiger partial charge in [0.15, 0.2) is 0 Å². The summed E-state index contributed by atoms with van der Waals surface area (Å²) < 4.78 is 18.1. The largest absolute Gasteiger partial charge is 0.456 e. The molecular formula is C48H28N2O2S. The summed E-state index contributed by atoms with van der Waals surface area (Å²) in [6, 6.07) is 60.5. The van der Waals surface area contributed by atoms with Crippen LogP contribution in [0.3, 0.4) is 0 Å². The molecule has 0 fully saturated rings. The van der Waals surface area contributed by atoms with E-state index in [0.29, 0.717) is 0 Å². The molecule has 0 aliphatic carbocycles. The first-order valence-electron chi connectivity index (χ1n) is 17.8. The van der Waals surface area contributed by atoms with E-state index in [2.05, 4.69) is 167 Å². The van der Waals surface area contributed by atoms with Crippen molar-refractivity contribution in [1.82, 2.24) is 4.57 Å². The van der Waals surface area contributed by atoms with E-state index in [1.54, 1.807) is 0 Å². The van der Waals surface area contributed by atoms with Crippen molar-refractivity contribution in [2.75, 3.05) is 4.90 Å². The maximum absolute atomic E-state index is 6.77. The van der Waals surface area contributed by atoms with Gasteiger partial charge in [-0.05, 0) is 66.7 Å². The maximum atomic E-state index is 6.77. The summed E-state index contributed by atoms with van der Waals surface area (Å²) >= 11 is 1.83. The van der Waals surface area contributed by atoms with Gasteiger partial charge in [0.1, 0.15) is 22.3 Å².